The van der Waals surface area contributed by atoms with Gasteiger partial charge in [0.1, 0.15) is 11.8 Å². The maximum absolute atomic E-state index is 13.2. The quantitative estimate of drug-likeness (QED) is 0.417. The van der Waals surface area contributed by atoms with Crippen molar-refractivity contribution < 1.29 is 14.3 Å². The van der Waals surface area contributed by atoms with Crippen molar-refractivity contribution in [3.8, 4) is 5.75 Å². The van der Waals surface area contributed by atoms with E-state index in [1.807, 2.05) is 38.1 Å². The molecular formula is C24H30Cl2N2O3S. The standard InChI is InChI=1S/C24H30Cl2N2O3S/c1-4-12-27-24(30)22(5-2)28(14-18-8-9-19(25)13-21(18)26)23(29)16-32-15-17-6-10-20(31-3)11-7-17/h6-11,13,22H,4-5,12,14-16H2,1-3H3,(H,27,30)/t22-/m0/s1. The van der Waals surface area contributed by atoms with Crippen molar-refractivity contribution >= 4 is 46.8 Å². The molecule has 32 heavy (non-hydrogen) atoms. The van der Waals surface area contributed by atoms with E-state index in [4.69, 9.17) is 27.9 Å². The molecule has 0 unspecified atom stereocenters. The zero-order chi connectivity index (χ0) is 23.5. The summed E-state index contributed by atoms with van der Waals surface area (Å²) in [7, 11) is 1.63. The Morgan fingerprint density at radius 3 is 2.44 bits per heavy atom. The monoisotopic (exact) mass is 496 g/mol. The van der Waals surface area contributed by atoms with E-state index in [2.05, 4.69) is 5.32 Å². The lowest BCUT2D eigenvalue weighted by molar-refractivity contribution is -0.139. The maximum Gasteiger partial charge on any atom is 0.242 e. The van der Waals surface area contributed by atoms with Crippen LogP contribution >= 0.6 is 35.0 Å². The Morgan fingerprint density at radius 2 is 1.84 bits per heavy atom. The van der Waals surface area contributed by atoms with E-state index in [-0.39, 0.29) is 24.1 Å². The summed E-state index contributed by atoms with van der Waals surface area (Å²) in [5.41, 5.74) is 1.86. The first-order valence-corrected chi connectivity index (χ1v) is 12.5. The van der Waals surface area contributed by atoms with Crippen LogP contribution in [-0.2, 0) is 21.9 Å². The zero-order valence-electron chi connectivity index (χ0n) is 18.7. The van der Waals surface area contributed by atoms with E-state index in [0.29, 0.717) is 28.8 Å². The third kappa shape index (κ3) is 7.91. The molecule has 8 heteroatoms. The number of hydrogen-bond acceptors (Lipinski definition) is 4. The number of rotatable bonds is 12. The lowest BCUT2D eigenvalue weighted by Gasteiger charge is -2.31. The fourth-order valence-corrected chi connectivity index (χ4v) is 4.52. The zero-order valence-corrected chi connectivity index (χ0v) is 21.0. The van der Waals surface area contributed by atoms with Crippen LogP contribution in [0.25, 0.3) is 0 Å². The molecule has 1 N–H and O–H groups in total. The molecular weight excluding hydrogens is 467 g/mol. The summed E-state index contributed by atoms with van der Waals surface area (Å²) in [6, 6.07) is 12.4. The minimum absolute atomic E-state index is 0.104. The van der Waals surface area contributed by atoms with E-state index in [1.165, 1.54) is 11.8 Å². The average Bonchev–Trinajstić information content (AvgIpc) is 2.79. The summed E-state index contributed by atoms with van der Waals surface area (Å²) >= 11 is 13.9. The molecule has 0 saturated heterocycles. The molecule has 0 spiro atoms. The highest BCUT2D eigenvalue weighted by molar-refractivity contribution is 7.99. The van der Waals surface area contributed by atoms with Crippen LogP contribution in [0.1, 0.15) is 37.8 Å². The molecule has 0 heterocycles. The highest BCUT2D eigenvalue weighted by Gasteiger charge is 2.28. The fourth-order valence-electron chi connectivity index (χ4n) is 3.18. The molecule has 0 saturated carbocycles. The van der Waals surface area contributed by atoms with Crippen LogP contribution < -0.4 is 10.1 Å². The van der Waals surface area contributed by atoms with Gasteiger partial charge in [0.25, 0.3) is 0 Å². The van der Waals surface area contributed by atoms with Crippen molar-refractivity contribution in [1.29, 1.82) is 0 Å². The number of hydrogen-bond donors (Lipinski definition) is 1. The number of carbonyl (C=O) groups excluding carboxylic acids is 2. The molecule has 0 bridgehead atoms. The molecule has 0 aliphatic rings. The molecule has 2 aromatic rings. The number of ether oxygens (including phenoxy) is 1. The Labute approximate surface area is 204 Å². The minimum Gasteiger partial charge on any atom is -0.497 e. The molecule has 2 aromatic carbocycles. The maximum atomic E-state index is 13.2. The number of amides is 2. The summed E-state index contributed by atoms with van der Waals surface area (Å²) in [5, 5.41) is 3.92. The first-order chi connectivity index (χ1) is 15.4. The van der Waals surface area contributed by atoms with Gasteiger partial charge in [-0.1, -0.05) is 55.2 Å². The highest BCUT2D eigenvalue weighted by atomic mass is 35.5. The van der Waals surface area contributed by atoms with Gasteiger partial charge >= 0.3 is 0 Å². The van der Waals surface area contributed by atoms with Gasteiger partial charge in [0.2, 0.25) is 11.8 Å². The SMILES string of the molecule is CCCNC(=O)[C@H](CC)N(Cc1ccc(Cl)cc1Cl)C(=O)CSCc1ccc(OC)cc1. The first kappa shape index (κ1) is 26.4. The molecule has 0 aliphatic heterocycles. The first-order valence-electron chi connectivity index (χ1n) is 10.6. The molecule has 2 amide bonds. The van der Waals surface area contributed by atoms with Crippen molar-refractivity contribution in [2.24, 2.45) is 0 Å². The van der Waals surface area contributed by atoms with Gasteiger partial charge in [0, 0.05) is 28.9 Å². The van der Waals surface area contributed by atoms with E-state index >= 15 is 0 Å². The normalized spacial score (nSPS) is 11.7. The predicted octanol–water partition coefficient (Wildman–Crippen LogP) is 5.57. The molecule has 174 valence electrons. The van der Waals surface area contributed by atoms with Gasteiger partial charge in [-0.15, -0.1) is 11.8 Å². The molecule has 2 rings (SSSR count). The van der Waals surface area contributed by atoms with Gasteiger partial charge in [0.15, 0.2) is 0 Å². The number of benzene rings is 2. The van der Waals surface area contributed by atoms with Gasteiger partial charge in [0.05, 0.1) is 12.9 Å². The second-order valence-corrected chi connectivity index (χ2v) is 9.14. The summed E-state index contributed by atoms with van der Waals surface area (Å²) in [6.07, 6.45) is 1.34. The van der Waals surface area contributed by atoms with Crippen molar-refractivity contribution in [2.45, 2.75) is 45.0 Å². The predicted molar refractivity (Wildman–Crippen MR) is 134 cm³/mol. The Balaban J connectivity index is 2.13. The van der Waals surface area contributed by atoms with Gasteiger partial charge in [-0.05, 0) is 48.2 Å². The van der Waals surface area contributed by atoms with Crippen LogP contribution in [0.3, 0.4) is 0 Å². The molecule has 1 atom stereocenters. The van der Waals surface area contributed by atoms with Crippen LogP contribution in [0.15, 0.2) is 42.5 Å². The summed E-state index contributed by atoms with van der Waals surface area (Å²) in [6.45, 7) is 4.72. The third-order valence-electron chi connectivity index (χ3n) is 4.94. The number of halogens is 2. The number of carbonyl (C=O) groups is 2. The summed E-state index contributed by atoms with van der Waals surface area (Å²) in [5.74, 6) is 1.49. The lowest BCUT2D eigenvalue weighted by atomic mass is 10.1. The molecule has 0 aliphatic carbocycles. The van der Waals surface area contributed by atoms with Crippen molar-refractivity contribution in [2.75, 3.05) is 19.4 Å². The largest absolute Gasteiger partial charge is 0.497 e. The molecule has 0 aromatic heterocycles. The molecule has 5 nitrogen and oxygen atoms in total. The van der Waals surface area contributed by atoms with Crippen molar-refractivity contribution in [3.05, 3.63) is 63.6 Å². The van der Waals surface area contributed by atoms with E-state index in [0.717, 1.165) is 23.3 Å². The van der Waals surface area contributed by atoms with Gasteiger partial charge < -0.3 is 15.0 Å². The van der Waals surface area contributed by atoms with Crippen LogP contribution in [0.5, 0.6) is 5.75 Å². The summed E-state index contributed by atoms with van der Waals surface area (Å²) < 4.78 is 5.18. The molecule has 0 fully saturated rings. The Hall–Kier alpha value is -1.89. The highest BCUT2D eigenvalue weighted by Crippen LogP contribution is 2.25. The summed E-state index contributed by atoms with van der Waals surface area (Å²) in [4.78, 5) is 27.6. The number of thioether (sulfide) groups is 1. The van der Waals surface area contributed by atoms with Crippen LogP contribution in [-0.4, -0.2) is 42.2 Å². The van der Waals surface area contributed by atoms with Crippen LogP contribution in [0.2, 0.25) is 10.0 Å². The fraction of sp³-hybridized carbons (Fsp3) is 0.417. The average molecular weight is 497 g/mol. The van der Waals surface area contributed by atoms with Crippen LogP contribution in [0.4, 0.5) is 0 Å². The Kier molecular flexibility index (Phi) is 11.2. The van der Waals surface area contributed by atoms with Gasteiger partial charge in [-0.25, -0.2) is 0 Å². The van der Waals surface area contributed by atoms with Gasteiger partial charge in [-0.2, -0.15) is 0 Å². The number of nitrogens with zero attached hydrogens (tertiary/aromatic N) is 1. The van der Waals surface area contributed by atoms with E-state index in [1.54, 1.807) is 30.2 Å². The number of methoxy groups -OCH3 is 1. The van der Waals surface area contributed by atoms with E-state index in [9.17, 15) is 9.59 Å². The minimum atomic E-state index is -0.567. The van der Waals surface area contributed by atoms with E-state index < -0.39 is 6.04 Å². The van der Waals surface area contributed by atoms with Crippen LogP contribution in [0, 0.1) is 0 Å². The second kappa shape index (κ2) is 13.6. The van der Waals surface area contributed by atoms with Crippen molar-refractivity contribution in [3.63, 3.8) is 0 Å². The van der Waals surface area contributed by atoms with Gasteiger partial charge in [-0.3, -0.25) is 9.59 Å². The lowest BCUT2D eigenvalue weighted by Crippen LogP contribution is -2.49. The Morgan fingerprint density at radius 1 is 1.12 bits per heavy atom. The topological polar surface area (TPSA) is 58.6 Å². The smallest absolute Gasteiger partial charge is 0.242 e. The molecule has 0 radical (unpaired) electrons. The van der Waals surface area contributed by atoms with Crippen molar-refractivity contribution in [1.82, 2.24) is 10.2 Å². The number of nitrogens with one attached hydrogen (secondary N) is 1. The second-order valence-electron chi connectivity index (χ2n) is 7.31. The third-order valence-corrected chi connectivity index (χ3v) is 6.52. The Bertz CT molecular complexity index is 893.